The van der Waals surface area contributed by atoms with Crippen LogP contribution in [0.5, 0.6) is 0 Å². The summed E-state index contributed by atoms with van der Waals surface area (Å²) < 4.78 is 6.47. The Morgan fingerprint density at radius 2 is 1.87 bits per heavy atom. The number of ether oxygens (including phenoxy) is 1. The number of hydrogen-bond donors (Lipinski definition) is 1. The Labute approximate surface area is 140 Å². The van der Waals surface area contributed by atoms with E-state index in [0.717, 1.165) is 63.7 Å². The van der Waals surface area contributed by atoms with Crippen molar-refractivity contribution in [1.29, 1.82) is 0 Å². The monoisotopic (exact) mass is 317 g/mol. The highest BCUT2D eigenvalue weighted by molar-refractivity contribution is 5.84. The summed E-state index contributed by atoms with van der Waals surface area (Å²) in [4.78, 5) is 0. The van der Waals surface area contributed by atoms with E-state index in [4.69, 9.17) is 9.94 Å². The molecular weight excluding hydrogens is 286 g/mol. The number of hydrogen-bond acceptors (Lipinski definition) is 3. The van der Waals surface area contributed by atoms with Gasteiger partial charge < -0.3 is 9.94 Å². The molecule has 0 bridgehead atoms. The first-order chi connectivity index (χ1) is 11.2. The second-order valence-corrected chi connectivity index (χ2v) is 6.56. The lowest BCUT2D eigenvalue weighted by atomic mass is 9.76. The van der Waals surface area contributed by atoms with E-state index in [0.29, 0.717) is 0 Å². The van der Waals surface area contributed by atoms with Crippen molar-refractivity contribution in [3.05, 3.63) is 34.9 Å². The largest absolute Gasteiger partial charge is 0.411 e. The van der Waals surface area contributed by atoms with E-state index in [-0.39, 0.29) is 5.60 Å². The molecule has 0 aromatic heterocycles. The maximum Gasteiger partial charge on any atom is 0.0941 e. The number of rotatable bonds is 7. The van der Waals surface area contributed by atoms with Crippen LogP contribution in [-0.4, -0.2) is 17.5 Å². The van der Waals surface area contributed by atoms with E-state index in [1.807, 2.05) is 0 Å². The normalized spacial score (nSPS) is 21.4. The van der Waals surface area contributed by atoms with Crippen molar-refractivity contribution in [2.75, 3.05) is 6.61 Å². The van der Waals surface area contributed by atoms with Crippen molar-refractivity contribution in [2.24, 2.45) is 5.16 Å². The summed E-state index contributed by atoms with van der Waals surface area (Å²) in [7, 11) is 0. The van der Waals surface area contributed by atoms with E-state index in [9.17, 15) is 0 Å². The van der Waals surface area contributed by atoms with Gasteiger partial charge in [-0.05, 0) is 61.6 Å². The fourth-order valence-corrected chi connectivity index (χ4v) is 3.55. The molecule has 1 aromatic carbocycles. The minimum Gasteiger partial charge on any atom is -0.411 e. The van der Waals surface area contributed by atoms with Gasteiger partial charge in [-0.2, -0.15) is 0 Å². The van der Waals surface area contributed by atoms with E-state index in [1.165, 1.54) is 16.7 Å². The summed E-state index contributed by atoms with van der Waals surface area (Å²) in [5.41, 5.74) is 4.85. The molecule has 1 N–H and O–H groups in total. The Kier molecular flexibility index (Phi) is 6.64. The molecule has 1 aliphatic rings. The molecule has 1 saturated carbocycles. The van der Waals surface area contributed by atoms with Gasteiger partial charge in [-0.25, -0.2) is 0 Å². The first kappa shape index (κ1) is 18.0. The summed E-state index contributed by atoms with van der Waals surface area (Å²) in [5, 5.41) is 12.5. The molecule has 1 aliphatic carbocycles. The molecule has 1 fully saturated rings. The molecule has 2 rings (SSSR count). The zero-order chi connectivity index (χ0) is 16.7. The Morgan fingerprint density at radius 3 is 2.43 bits per heavy atom. The molecule has 23 heavy (non-hydrogen) atoms. The lowest BCUT2D eigenvalue weighted by molar-refractivity contribution is -0.0669. The third kappa shape index (κ3) is 4.14. The van der Waals surface area contributed by atoms with Crippen molar-refractivity contribution in [1.82, 2.24) is 0 Å². The zero-order valence-corrected chi connectivity index (χ0v) is 14.9. The van der Waals surface area contributed by atoms with Gasteiger partial charge in [0, 0.05) is 6.61 Å². The van der Waals surface area contributed by atoms with Crippen LogP contribution < -0.4 is 0 Å². The molecule has 0 atom stereocenters. The quantitative estimate of drug-likeness (QED) is 0.425. The Bertz CT molecular complexity index is 526. The maximum atomic E-state index is 9.06. The smallest absolute Gasteiger partial charge is 0.0941 e. The van der Waals surface area contributed by atoms with Crippen LogP contribution in [0.4, 0.5) is 0 Å². The molecular formula is C20H31NO2. The van der Waals surface area contributed by atoms with Crippen molar-refractivity contribution < 1.29 is 9.94 Å². The second kappa shape index (κ2) is 8.49. The van der Waals surface area contributed by atoms with Crippen LogP contribution in [-0.2, 0) is 23.2 Å². The molecule has 3 heteroatoms. The SMILES string of the molecule is CCCCOC1(c2ccc(CC)cc2CC)CCC(=NO)CC1. The second-order valence-electron chi connectivity index (χ2n) is 6.56. The molecule has 1 aromatic rings. The van der Waals surface area contributed by atoms with Crippen LogP contribution in [0.1, 0.15) is 76.0 Å². The number of nitrogens with zero attached hydrogens (tertiary/aromatic N) is 1. The predicted octanol–water partition coefficient (Wildman–Crippen LogP) is 5.23. The van der Waals surface area contributed by atoms with E-state index in [1.54, 1.807) is 0 Å². The molecule has 0 saturated heterocycles. The fraction of sp³-hybridized carbons (Fsp3) is 0.650. The number of benzene rings is 1. The van der Waals surface area contributed by atoms with E-state index < -0.39 is 0 Å². The lowest BCUT2D eigenvalue weighted by Gasteiger charge is -2.39. The zero-order valence-electron chi connectivity index (χ0n) is 14.9. The fourth-order valence-electron chi connectivity index (χ4n) is 3.55. The van der Waals surface area contributed by atoms with Crippen LogP contribution in [0.15, 0.2) is 23.4 Å². The molecule has 0 spiro atoms. The van der Waals surface area contributed by atoms with Gasteiger partial charge in [0.25, 0.3) is 0 Å². The van der Waals surface area contributed by atoms with Gasteiger partial charge in [-0.3, -0.25) is 0 Å². The molecule has 3 nitrogen and oxygen atoms in total. The highest BCUT2D eigenvalue weighted by Gasteiger charge is 2.38. The molecule has 0 heterocycles. The highest BCUT2D eigenvalue weighted by Crippen LogP contribution is 2.42. The summed E-state index contributed by atoms with van der Waals surface area (Å²) in [6.45, 7) is 7.43. The average Bonchev–Trinajstić information content (AvgIpc) is 2.62. The number of oxime groups is 1. The van der Waals surface area contributed by atoms with Crippen LogP contribution in [0.3, 0.4) is 0 Å². The van der Waals surface area contributed by atoms with Gasteiger partial charge in [0.2, 0.25) is 0 Å². The van der Waals surface area contributed by atoms with E-state index >= 15 is 0 Å². The first-order valence-electron chi connectivity index (χ1n) is 9.15. The van der Waals surface area contributed by atoms with Gasteiger partial charge in [-0.15, -0.1) is 0 Å². The Hall–Kier alpha value is -1.35. The molecule has 128 valence electrons. The third-order valence-electron chi connectivity index (χ3n) is 5.10. The molecule has 0 aliphatic heterocycles. The maximum absolute atomic E-state index is 9.06. The van der Waals surface area contributed by atoms with Crippen LogP contribution in [0, 0.1) is 0 Å². The minimum atomic E-state index is -0.207. The van der Waals surface area contributed by atoms with Gasteiger partial charge in [0.15, 0.2) is 0 Å². The Morgan fingerprint density at radius 1 is 1.13 bits per heavy atom. The number of aryl methyl sites for hydroxylation is 2. The summed E-state index contributed by atoms with van der Waals surface area (Å²) in [6, 6.07) is 6.87. The van der Waals surface area contributed by atoms with Crippen molar-refractivity contribution in [3.63, 3.8) is 0 Å². The summed E-state index contributed by atoms with van der Waals surface area (Å²) in [6.07, 6.45) is 7.80. The predicted molar refractivity (Wildman–Crippen MR) is 95.4 cm³/mol. The summed E-state index contributed by atoms with van der Waals surface area (Å²) in [5.74, 6) is 0. The van der Waals surface area contributed by atoms with Gasteiger partial charge in [0.05, 0.1) is 11.3 Å². The standard InChI is InChI=1S/C20H31NO2/c1-4-7-14-23-20(12-10-18(21-22)11-13-20)19-9-8-16(5-2)15-17(19)6-3/h8-9,15,22H,4-7,10-14H2,1-3H3. The third-order valence-corrected chi connectivity index (χ3v) is 5.10. The highest BCUT2D eigenvalue weighted by atomic mass is 16.5. The average molecular weight is 317 g/mol. The van der Waals surface area contributed by atoms with Gasteiger partial charge >= 0.3 is 0 Å². The number of unbranched alkanes of at least 4 members (excludes halogenated alkanes) is 1. The molecule has 0 unspecified atom stereocenters. The topological polar surface area (TPSA) is 41.8 Å². The van der Waals surface area contributed by atoms with Crippen molar-refractivity contribution in [3.8, 4) is 0 Å². The molecule has 0 radical (unpaired) electrons. The first-order valence-corrected chi connectivity index (χ1v) is 9.15. The van der Waals surface area contributed by atoms with Crippen LogP contribution >= 0.6 is 0 Å². The molecule has 0 amide bonds. The van der Waals surface area contributed by atoms with Crippen LogP contribution in [0.2, 0.25) is 0 Å². The van der Waals surface area contributed by atoms with Gasteiger partial charge in [0.1, 0.15) is 0 Å². The van der Waals surface area contributed by atoms with Crippen molar-refractivity contribution in [2.45, 2.75) is 77.7 Å². The van der Waals surface area contributed by atoms with Crippen LogP contribution in [0.25, 0.3) is 0 Å². The lowest BCUT2D eigenvalue weighted by Crippen LogP contribution is -2.36. The van der Waals surface area contributed by atoms with E-state index in [2.05, 4.69) is 44.1 Å². The summed E-state index contributed by atoms with van der Waals surface area (Å²) >= 11 is 0. The minimum absolute atomic E-state index is 0.207. The van der Waals surface area contributed by atoms with Gasteiger partial charge in [-0.1, -0.05) is 50.5 Å². The Balaban J connectivity index is 2.33. The van der Waals surface area contributed by atoms with Crippen molar-refractivity contribution >= 4 is 5.71 Å².